The second-order valence-electron chi connectivity index (χ2n) is 5.19. The van der Waals surface area contributed by atoms with Gasteiger partial charge in [0, 0.05) is 26.5 Å². The van der Waals surface area contributed by atoms with Crippen molar-refractivity contribution in [3.05, 3.63) is 30.2 Å². The van der Waals surface area contributed by atoms with Crippen molar-refractivity contribution in [2.24, 2.45) is 0 Å². The molecule has 0 amide bonds. The molecule has 4 nitrogen and oxygen atoms in total. The third-order valence-corrected chi connectivity index (χ3v) is 3.61. The largest absolute Gasteiger partial charge is 0.361 e. The van der Waals surface area contributed by atoms with Gasteiger partial charge in [0.2, 0.25) is 0 Å². The van der Waals surface area contributed by atoms with Crippen LogP contribution in [0.2, 0.25) is 0 Å². The van der Waals surface area contributed by atoms with E-state index in [1.165, 1.54) is 24.8 Å². The van der Waals surface area contributed by atoms with E-state index < -0.39 is 0 Å². The number of hydrogen-bond acceptors (Lipinski definition) is 3. The summed E-state index contributed by atoms with van der Waals surface area (Å²) in [5.41, 5.74) is 2.32. The van der Waals surface area contributed by atoms with E-state index in [4.69, 9.17) is 4.98 Å². The third kappa shape index (κ3) is 1.97. The van der Waals surface area contributed by atoms with E-state index in [-0.39, 0.29) is 0 Å². The quantitative estimate of drug-likeness (QED) is 0.879. The van der Waals surface area contributed by atoms with E-state index in [1.54, 1.807) is 0 Å². The van der Waals surface area contributed by atoms with Gasteiger partial charge in [0.15, 0.2) is 5.82 Å². The van der Waals surface area contributed by atoms with Crippen molar-refractivity contribution in [3.63, 3.8) is 0 Å². The number of fused-ring (bicyclic) bond motifs is 1. The maximum absolute atomic E-state index is 4.84. The van der Waals surface area contributed by atoms with Gasteiger partial charge in [-0.05, 0) is 31.5 Å². The van der Waals surface area contributed by atoms with Crippen molar-refractivity contribution in [2.45, 2.75) is 25.3 Å². The molecule has 1 N–H and O–H groups in total. The van der Waals surface area contributed by atoms with E-state index >= 15 is 0 Å². The van der Waals surface area contributed by atoms with Crippen molar-refractivity contribution >= 4 is 11.3 Å². The van der Waals surface area contributed by atoms with Gasteiger partial charge in [0.05, 0.1) is 17.3 Å². The minimum Gasteiger partial charge on any atom is -0.361 e. The number of piperidine rings is 1. The first kappa shape index (κ1) is 11.5. The summed E-state index contributed by atoms with van der Waals surface area (Å²) in [7, 11) is 4.10. The molecule has 1 aliphatic rings. The molecule has 18 heavy (non-hydrogen) atoms. The minimum absolute atomic E-state index is 0.407. The standard InChI is InChI=1S/C14H20N4/c1-17(2)14-13-7-5-9-18(13)10-12(16-14)11-6-3-4-8-15-11/h5,7,9-11,15H,3-4,6,8H2,1-2H3/t11-/m0/s1. The maximum atomic E-state index is 4.84. The van der Waals surface area contributed by atoms with Crippen LogP contribution >= 0.6 is 0 Å². The van der Waals surface area contributed by atoms with Crippen LogP contribution in [0.25, 0.3) is 5.52 Å². The van der Waals surface area contributed by atoms with Gasteiger partial charge in [-0.25, -0.2) is 4.98 Å². The average molecular weight is 244 g/mol. The Balaban J connectivity index is 2.06. The fraction of sp³-hybridized carbons (Fsp3) is 0.500. The summed E-state index contributed by atoms with van der Waals surface area (Å²) in [4.78, 5) is 6.92. The smallest absolute Gasteiger partial charge is 0.152 e. The van der Waals surface area contributed by atoms with E-state index in [1.807, 2.05) is 14.1 Å². The highest BCUT2D eigenvalue weighted by Gasteiger charge is 2.18. The first-order valence-corrected chi connectivity index (χ1v) is 6.64. The Morgan fingerprint density at radius 3 is 3.00 bits per heavy atom. The molecule has 0 unspecified atom stereocenters. The van der Waals surface area contributed by atoms with Gasteiger partial charge in [0.25, 0.3) is 0 Å². The summed E-state index contributed by atoms with van der Waals surface area (Å²) in [6.45, 7) is 1.10. The van der Waals surface area contributed by atoms with E-state index in [0.29, 0.717) is 6.04 Å². The topological polar surface area (TPSA) is 32.6 Å². The zero-order valence-electron chi connectivity index (χ0n) is 11.1. The molecule has 1 atom stereocenters. The Morgan fingerprint density at radius 2 is 2.28 bits per heavy atom. The summed E-state index contributed by atoms with van der Waals surface area (Å²) in [6.07, 6.45) is 8.01. The van der Waals surface area contributed by atoms with Gasteiger partial charge >= 0.3 is 0 Å². The molecule has 4 heteroatoms. The van der Waals surface area contributed by atoms with Crippen LogP contribution in [0.3, 0.4) is 0 Å². The molecular weight excluding hydrogens is 224 g/mol. The highest BCUT2D eigenvalue weighted by atomic mass is 15.2. The molecule has 0 aliphatic carbocycles. The summed E-state index contributed by atoms with van der Waals surface area (Å²) in [5.74, 6) is 1.05. The third-order valence-electron chi connectivity index (χ3n) is 3.61. The summed E-state index contributed by atoms with van der Waals surface area (Å²) >= 11 is 0. The molecule has 3 rings (SSSR count). The Bertz CT molecular complexity index is 538. The van der Waals surface area contributed by atoms with Crippen molar-refractivity contribution in [2.75, 3.05) is 25.5 Å². The van der Waals surface area contributed by atoms with Crippen LogP contribution in [-0.2, 0) is 0 Å². The molecule has 1 saturated heterocycles. The SMILES string of the molecule is CN(C)c1nc([C@@H]2CCCCN2)cn2cccc12. The first-order chi connectivity index (χ1) is 8.75. The number of nitrogens with one attached hydrogen (secondary N) is 1. The zero-order chi connectivity index (χ0) is 12.5. The molecule has 2 aromatic rings. The second-order valence-corrected chi connectivity index (χ2v) is 5.19. The molecule has 0 bridgehead atoms. The molecule has 1 aliphatic heterocycles. The summed E-state index contributed by atoms with van der Waals surface area (Å²) in [5, 5.41) is 3.56. The molecule has 2 aromatic heterocycles. The molecule has 0 saturated carbocycles. The number of hydrogen-bond donors (Lipinski definition) is 1. The lowest BCUT2D eigenvalue weighted by molar-refractivity contribution is 0.404. The lowest BCUT2D eigenvalue weighted by Gasteiger charge is -2.24. The Morgan fingerprint density at radius 1 is 1.39 bits per heavy atom. The van der Waals surface area contributed by atoms with Gasteiger partial charge in [-0.1, -0.05) is 6.42 Å². The van der Waals surface area contributed by atoms with Crippen molar-refractivity contribution < 1.29 is 0 Å². The lowest BCUT2D eigenvalue weighted by Crippen LogP contribution is -2.28. The fourth-order valence-electron chi connectivity index (χ4n) is 2.65. The highest BCUT2D eigenvalue weighted by molar-refractivity contribution is 5.69. The summed E-state index contributed by atoms with van der Waals surface area (Å²) in [6, 6.07) is 4.59. The summed E-state index contributed by atoms with van der Waals surface area (Å²) < 4.78 is 2.17. The normalized spacial score (nSPS) is 20.2. The average Bonchev–Trinajstić information content (AvgIpc) is 2.86. The fourth-order valence-corrected chi connectivity index (χ4v) is 2.65. The zero-order valence-corrected chi connectivity index (χ0v) is 11.1. The Labute approximate surface area is 108 Å². The van der Waals surface area contributed by atoms with Crippen molar-refractivity contribution in [1.29, 1.82) is 0 Å². The predicted molar refractivity (Wildman–Crippen MR) is 74.1 cm³/mol. The molecular formula is C14H20N4. The minimum atomic E-state index is 0.407. The van der Waals surface area contributed by atoms with Crippen LogP contribution < -0.4 is 10.2 Å². The maximum Gasteiger partial charge on any atom is 0.152 e. The Kier molecular flexibility index (Phi) is 2.96. The second kappa shape index (κ2) is 4.61. The number of nitrogens with zero attached hydrogens (tertiary/aromatic N) is 3. The van der Waals surface area contributed by atoms with Gasteiger partial charge in [-0.2, -0.15) is 0 Å². The van der Waals surface area contributed by atoms with Crippen molar-refractivity contribution in [3.8, 4) is 0 Å². The van der Waals surface area contributed by atoms with E-state index in [0.717, 1.165) is 18.1 Å². The van der Waals surface area contributed by atoms with E-state index in [2.05, 4.69) is 39.1 Å². The molecule has 0 spiro atoms. The van der Waals surface area contributed by atoms with Gasteiger partial charge in [0.1, 0.15) is 0 Å². The van der Waals surface area contributed by atoms with Crippen LogP contribution in [0, 0.1) is 0 Å². The number of rotatable bonds is 2. The van der Waals surface area contributed by atoms with E-state index in [9.17, 15) is 0 Å². The van der Waals surface area contributed by atoms with Crippen LogP contribution in [0.15, 0.2) is 24.5 Å². The lowest BCUT2D eigenvalue weighted by atomic mass is 10.0. The molecule has 0 radical (unpaired) electrons. The van der Waals surface area contributed by atoms with Gasteiger partial charge in [-0.3, -0.25) is 0 Å². The van der Waals surface area contributed by atoms with Crippen molar-refractivity contribution in [1.82, 2.24) is 14.7 Å². The molecule has 96 valence electrons. The molecule has 0 aromatic carbocycles. The van der Waals surface area contributed by atoms with Crippen LogP contribution in [0.5, 0.6) is 0 Å². The van der Waals surface area contributed by atoms with Crippen LogP contribution in [0.1, 0.15) is 31.0 Å². The molecule has 1 fully saturated rings. The number of aromatic nitrogens is 2. The van der Waals surface area contributed by atoms with Crippen LogP contribution in [-0.4, -0.2) is 30.0 Å². The first-order valence-electron chi connectivity index (χ1n) is 6.64. The van der Waals surface area contributed by atoms with Gasteiger partial charge < -0.3 is 14.6 Å². The molecule has 3 heterocycles. The highest BCUT2D eigenvalue weighted by Crippen LogP contribution is 2.25. The monoisotopic (exact) mass is 244 g/mol. The predicted octanol–water partition coefficient (Wildman–Crippen LogP) is 2.21. The van der Waals surface area contributed by atoms with Gasteiger partial charge in [-0.15, -0.1) is 0 Å². The van der Waals surface area contributed by atoms with Crippen LogP contribution in [0.4, 0.5) is 5.82 Å². The Hall–Kier alpha value is -1.55. The number of anilines is 1.